The topological polar surface area (TPSA) is 47.7 Å². The third kappa shape index (κ3) is 2.97. The van der Waals surface area contributed by atoms with Crippen LogP contribution in [0.1, 0.15) is 51.2 Å². The van der Waals surface area contributed by atoms with Gasteiger partial charge in [0.15, 0.2) is 0 Å². The summed E-state index contributed by atoms with van der Waals surface area (Å²) in [5.74, 6) is 0. The van der Waals surface area contributed by atoms with Gasteiger partial charge in [-0.25, -0.2) is 0 Å². The molecule has 0 saturated carbocycles. The quantitative estimate of drug-likeness (QED) is 0.899. The summed E-state index contributed by atoms with van der Waals surface area (Å²) in [6.07, 6.45) is 3.91. The van der Waals surface area contributed by atoms with E-state index in [1.807, 2.05) is 22.5 Å². The molecule has 1 N–H and O–H groups in total. The lowest BCUT2D eigenvalue weighted by Crippen LogP contribution is -2.11. The summed E-state index contributed by atoms with van der Waals surface area (Å²) in [5, 5.41) is 12.3. The number of anilines is 1. The molecule has 0 saturated heterocycles. The maximum absolute atomic E-state index is 4.50. The highest BCUT2D eigenvalue weighted by molar-refractivity contribution is 5.45. The van der Waals surface area contributed by atoms with Crippen LogP contribution >= 0.6 is 0 Å². The summed E-state index contributed by atoms with van der Waals surface area (Å²) in [4.78, 5) is 0. The zero-order valence-electron chi connectivity index (χ0n) is 12.4. The number of aromatic nitrogens is 4. The van der Waals surface area contributed by atoms with Crippen molar-refractivity contribution in [3.63, 3.8) is 0 Å². The molecular formula is C14H23N5. The van der Waals surface area contributed by atoms with Gasteiger partial charge in [0, 0.05) is 24.5 Å². The summed E-state index contributed by atoms with van der Waals surface area (Å²) >= 11 is 0. The molecule has 2 aromatic rings. The van der Waals surface area contributed by atoms with E-state index in [2.05, 4.69) is 55.5 Å². The Morgan fingerprint density at radius 2 is 1.95 bits per heavy atom. The molecule has 2 rings (SSSR count). The zero-order valence-corrected chi connectivity index (χ0v) is 12.4. The molecule has 2 heterocycles. The van der Waals surface area contributed by atoms with Crippen molar-refractivity contribution >= 4 is 5.69 Å². The van der Waals surface area contributed by atoms with Gasteiger partial charge < -0.3 is 5.32 Å². The Kier molecular flexibility index (Phi) is 3.93. The van der Waals surface area contributed by atoms with Crippen LogP contribution in [0.5, 0.6) is 0 Å². The highest BCUT2D eigenvalue weighted by atomic mass is 15.3. The number of nitrogens with zero attached hydrogens (tertiary/aromatic N) is 4. The standard InChI is InChI=1S/C14H23N5/c1-10(2)18-9-14(12(5)17-18)15-8-13-6-7-16-19(13)11(3)4/h6-7,9-11,15H,8H2,1-5H3. The lowest BCUT2D eigenvalue weighted by atomic mass is 10.3. The summed E-state index contributed by atoms with van der Waals surface area (Å²) in [6.45, 7) is 11.3. The van der Waals surface area contributed by atoms with Crippen molar-refractivity contribution in [3.05, 3.63) is 29.8 Å². The molecular weight excluding hydrogens is 238 g/mol. The van der Waals surface area contributed by atoms with Crippen LogP contribution in [0, 0.1) is 6.92 Å². The Morgan fingerprint density at radius 1 is 1.21 bits per heavy atom. The maximum atomic E-state index is 4.50. The van der Waals surface area contributed by atoms with Gasteiger partial charge in [-0.1, -0.05) is 0 Å². The molecule has 104 valence electrons. The third-order valence-electron chi connectivity index (χ3n) is 3.15. The smallest absolute Gasteiger partial charge is 0.0825 e. The van der Waals surface area contributed by atoms with E-state index in [1.165, 1.54) is 5.69 Å². The van der Waals surface area contributed by atoms with Crippen LogP contribution in [0.4, 0.5) is 5.69 Å². The molecule has 0 atom stereocenters. The Morgan fingerprint density at radius 3 is 2.53 bits per heavy atom. The predicted octanol–water partition coefficient (Wildman–Crippen LogP) is 3.16. The maximum Gasteiger partial charge on any atom is 0.0825 e. The van der Waals surface area contributed by atoms with Gasteiger partial charge in [-0.2, -0.15) is 10.2 Å². The van der Waals surface area contributed by atoms with Crippen LogP contribution in [-0.4, -0.2) is 19.6 Å². The Hall–Kier alpha value is -1.78. The van der Waals surface area contributed by atoms with Crippen molar-refractivity contribution in [3.8, 4) is 0 Å². The molecule has 5 nitrogen and oxygen atoms in total. The Labute approximate surface area is 114 Å². The molecule has 0 unspecified atom stereocenters. The van der Waals surface area contributed by atoms with Crippen molar-refractivity contribution in [1.29, 1.82) is 0 Å². The van der Waals surface area contributed by atoms with E-state index in [0.29, 0.717) is 12.1 Å². The molecule has 0 aliphatic rings. The normalized spacial score (nSPS) is 11.5. The first-order valence-electron chi connectivity index (χ1n) is 6.81. The van der Waals surface area contributed by atoms with Gasteiger partial charge in [-0.05, 0) is 40.7 Å². The fourth-order valence-electron chi connectivity index (χ4n) is 2.05. The van der Waals surface area contributed by atoms with E-state index >= 15 is 0 Å². The first-order chi connectivity index (χ1) is 8.99. The van der Waals surface area contributed by atoms with Crippen molar-refractivity contribution < 1.29 is 0 Å². The van der Waals surface area contributed by atoms with Gasteiger partial charge in [0.05, 0.1) is 23.6 Å². The summed E-state index contributed by atoms with van der Waals surface area (Å²) in [7, 11) is 0. The number of hydrogen-bond donors (Lipinski definition) is 1. The molecule has 0 spiro atoms. The molecule has 0 radical (unpaired) electrons. The average Bonchev–Trinajstić information content (AvgIpc) is 2.92. The van der Waals surface area contributed by atoms with Crippen molar-refractivity contribution in [2.45, 2.75) is 53.2 Å². The van der Waals surface area contributed by atoms with Crippen molar-refractivity contribution in [2.75, 3.05) is 5.32 Å². The largest absolute Gasteiger partial charge is 0.377 e. The van der Waals surface area contributed by atoms with Crippen molar-refractivity contribution in [1.82, 2.24) is 19.6 Å². The molecule has 2 aromatic heterocycles. The van der Waals surface area contributed by atoms with Crippen LogP contribution < -0.4 is 5.32 Å². The lowest BCUT2D eigenvalue weighted by Gasteiger charge is -2.11. The molecule has 0 fully saturated rings. The first-order valence-corrected chi connectivity index (χ1v) is 6.81. The highest BCUT2D eigenvalue weighted by Gasteiger charge is 2.09. The predicted molar refractivity (Wildman–Crippen MR) is 77.3 cm³/mol. The van der Waals surface area contributed by atoms with E-state index in [9.17, 15) is 0 Å². The van der Waals surface area contributed by atoms with Crippen LogP contribution in [0.2, 0.25) is 0 Å². The Bertz CT molecular complexity index is 536. The molecule has 0 bridgehead atoms. The first kappa shape index (κ1) is 13.6. The second-order valence-corrected chi connectivity index (χ2v) is 5.42. The van der Waals surface area contributed by atoms with Crippen LogP contribution in [-0.2, 0) is 6.54 Å². The monoisotopic (exact) mass is 261 g/mol. The number of aryl methyl sites for hydroxylation is 1. The van der Waals surface area contributed by atoms with E-state index in [1.54, 1.807) is 0 Å². The molecule has 0 aliphatic carbocycles. The van der Waals surface area contributed by atoms with Crippen molar-refractivity contribution in [2.24, 2.45) is 0 Å². The molecule has 0 aromatic carbocycles. The van der Waals surface area contributed by atoms with E-state index in [0.717, 1.165) is 17.9 Å². The third-order valence-corrected chi connectivity index (χ3v) is 3.15. The fraction of sp³-hybridized carbons (Fsp3) is 0.571. The van der Waals surface area contributed by atoms with Gasteiger partial charge in [0.2, 0.25) is 0 Å². The molecule has 0 amide bonds. The van der Waals surface area contributed by atoms with Gasteiger partial charge >= 0.3 is 0 Å². The summed E-state index contributed by atoms with van der Waals surface area (Å²) < 4.78 is 4.02. The van der Waals surface area contributed by atoms with Crippen LogP contribution in [0.25, 0.3) is 0 Å². The van der Waals surface area contributed by atoms with E-state index < -0.39 is 0 Å². The number of rotatable bonds is 5. The lowest BCUT2D eigenvalue weighted by molar-refractivity contribution is 0.512. The van der Waals surface area contributed by atoms with E-state index in [4.69, 9.17) is 0 Å². The van der Waals surface area contributed by atoms with Crippen LogP contribution in [0.15, 0.2) is 18.5 Å². The van der Waals surface area contributed by atoms with Gasteiger partial charge in [-0.3, -0.25) is 9.36 Å². The second-order valence-electron chi connectivity index (χ2n) is 5.42. The van der Waals surface area contributed by atoms with E-state index in [-0.39, 0.29) is 0 Å². The number of hydrogen-bond acceptors (Lipinski definition) is 3. The van der Waals surface area contributed by atoms with Gasteiger partial charge in [0.1, 0.15) is 0 Å². The molecule has 0 aliphatic heterocycles. The average molecular weight is 261 g/mol. The second kappa shape index (κ2) is 5.47. The summed E-state index contributed by atoms with van der Waals surface area (Å²) in [5.41, 5.74) is 3.31. The fourth-order valence-corrected chi connectivity index (χ4v) is 2.05. The minimum Gasteiger partial charge on any atom is -0.377 e. The zero-order chi connectivity index (χ0) is 14.0. The minimum absolute atomic E-state index is 0.381. The number of nitrogens with one attached hydrogen (secondary N) is 1. The van der Waals surface area contributed by atoms with Gasteiger partial charge in [-0.15, -0.1) is 0 Å². The minimum atomic E-state index is 0.381. The molecule has 5 heteroatoms. The summed E-state index contributed by atoms with van der Waals surface area (Å²) in [6, 6.07) is 2.82. The van der Waals surface area contributed by atoms with Crippen LogP contribution in [0.3, 0.4) is 0 Å². The Balaban J connectivity index is 2.08. The molecule has 19 heavy (non-hydrogen) atoms. The van der Waals surface area contributed by atoms with Gasteiger partial charge in [0.25, 0.3) is 0 Å². The SMILES string of the molecule is Cc1nn(C(C)C)cc1NCc1ccnn1C(C)C. The highest BCUT2D eigenvalue weighted by Crippen LogP contribution is 2.17.